The smallest absolute Gasteiger partial charge is 0.203 e. The van der Waals surface area contributed by atoms with E-state index in [1.165, 1.54) is 5.56 Å². The van der Waals surface area contributed by atoms with Gasteiger partial charge in [-0.05, 0) is 35.4 Å². The van der Waals surface area contributed by atoms with Crippen LogP contribution >= 0.6 is 0 Å². The Bertz CT molecular complexity index is 413. The van der Waals surface area contributed by atoms with Gasteiger partial charge in [0.1, 0.15) is 0 Å². The number of benzene rings is 1. The lowest BCUT2D eigenvalue weighted by atomic mass is 9.72. The van der Waals surface area contributed by atoms with Crippen LogP contribution in [0.2, 0.25) is 0 Å². The van der Waals surface area contributed by atoms with Crippen LogP contribution in [0, 0.1) is 5.41 Å². The summed E-state index contributed by atoms with van der Waals surface area (Å²) in [4.78, 5) is 0. The van der Waals surface area contributed by atoms with Crippen LogP contribution in [0.5, 0.6) is 17.2 Å². The van der Waals surface area contributed by atoms with E-state index in [0.717, 1.165) is 24.3 Å². The Kier molecular flexibility index (Phi) is 5.73. The van der Waals surface area contributed by atoms with Crippen LogP contribution in [-0.2, 0) is 0 Å². The minimum absolute atomic E-state index is 0.235. The molecule has 20 heavy (non-hydrogen) atoms. The summed E-state index contributed by atoms with van der Waals surface area (Å²) in [7, 11) is 4.95. The fourth-order valence-corrected chi connectivity index (χ4v) is 2.79. The van der Waals surface area contributed by atoms with E-state index in [2.05, 4.69) is 39.8 Å². The predicted octanol–water partition coefficient (Wildman–Crippen LogP) is 4.64. The summed E-state index contributed by atoms with van der Waals surface area (Å²) in [6.45, 7) is 9.08. The molecule has 0 aliphatic rings. The van der Waals surface area contributed by atoms with E-state index in [4.69, 9.17) is 14.2 Å². The van der Waals surface area contributed by atoms with Crippen molar-refractivity contribution < 1.29 is 14.2 Å². The largest absolute Gasteiger partial charge is 0.493 e. The summed E-state index contributed by atoms with van der Waals surface area (Å²) in [6.07, 6.45) is 2.21. The molecule has 1 aromatic carbocycles. The Morgan fingerprint density at radius 2 is 1.45 bits per heavy atom. The first-order valence-electron chi connectivity index (χ1n) is 7.25. The number of rotatable bonds is 7. The van der Waals surface area contributed by atoms with Gasteiger partial charge in [0.25, 0.3) is 0 Å². The van der Waals surface area contributed by atoms with Crippen molar-refractivity contribution in [3.05, 3.63) is 17.7 Å². The van der Waals surface area contributed by atoms with E-state index in [1.807, 2.05) is 0 Å². The Labute approximate surface area is 123 Å². The highest BCUT2D eigenvalue weighted by Crippen LogP contribution is 2.46. The van der Waals surface area contributed by atoms with E-state index in [0.29, 0.717) is 11.7 Å². The zero-order chi connectivity index (χ0) is 15.3. The van der Waals surface area contributed by atoms with Crippen LogP contribution < -0.4 is 14.2 Å². The second-order valence-corrected chi connectivity index (χ2v) is 5.76. The fraction of sp³-hybridized carbons (Fsp3) is 0.647. The molecular weight excluding hydrogens is 252 g/mol. The van der Waals surface area contributed by atoms with Crippen molar-refractivity contribution in [2.45, 2.75) is 46.5 Å². The summed E-state index contributed by atoms with van der Waals surface area (Å²) in [5, 5.41) is 0. The van der Waals surface area contributed by atoms with Gasteiger partial charge in [-0.1, -0.05) is 34.1 Å². The molecule has 0 spiro atoms. The van der Waals surface area contributed by atoms with Gasteiger partial charge in [-0.2, -0.15) is 0 Å². The summed E-state index contributed by atoms with van der Waals surface area (Å²) >= 11 is 0. The molecule has 0 amide bonds. The zero-order valence-electron chi connectivity index (χ0n) is 13.9. The molecule has 1 atom stereocenters. The second-order valence-electron chi connectivity index (χ2n) is 5.76. The van der Waals surface area contributed by atoms with Gasteiger partial charge in [0.05, 0.1) is 21.3 Å². The lowest BCUT2D eigenvalue weighted by Crippen LogP contribution is -2.21. The Balaban J connectivity index is 3.37. The summed E-state index contributed by atoms with van der Waals surface area (Å²) in [6, 6.07) is 4.15. The van der Waals surface area contributed by atoms with E-state index in [1.54, 1.807) is 21.3 Å². The van der Waals surface area contributed by atoms with E-state index >= 15 is 0 Å². The molecule has 114 valence electrons. The average Bonchev–Trinajstić information content (AvgIpc) is 2.46. The molecule has 1 aromatic rings. The molecule has 1 rings (SSSR count). The van der Waals surface area contributed by atoms with Crippen LogP contribution in [0.3, 0.4) is 0 Å². The number of methoxy groups -OCH3 is 3. The molecule has 3 nitrogen and oxygen atoms in total. The molecule has 3 heteroatoms. The van der Waals surface area contributed by atoms with Crippen molar-refractivity contribution in [1.29, 1.82) is 0 Å². The third-order valence-corrected chi connectivity index (χ3v) is 4.35. The highest BCUT2D eigenvalue weighted by atomic mass is 16.5. The molecule has 0 bridgehead atoms. The maximum atomic E-state index is 5.46. The van der Waals surface area contributed by atoms with Gasteiger partial charge in [-0.25, -0.2) is 0 Å². The molecule has 0 saturated carbocycles. The van der Waals surface area contributed by atoms with Crippen LogP contribution in [-0.4, -0.2) is 21.3 Å². The fourth-order valence-electron chi connectivity index (χ4n) is 2.79. The van der Waals surface area contributed by atoms with Gasteiger partial charge in [0.2, 0.25) is 5.75 Å². The van der Waals surface area contributed by atoms with Gasteiger partial charge < -0.3 is 14.2 Å². The SMILES string of the molecule is CCC(c1cc(OC)c(OC)c(OC)c1)C(C)(C)CC. The lowest BCUT2D eigenvalue weighted by Gasteiger charge is -2.34. The van der Waals surface area contributed by atoms with Crippen molar-refractivity contribution in [2.24, 2.45) is 5.41 Å². The van der Waals surface area contributed by atoms with Crippen LogP contribution in [0.1, 0.15) is 52.0 Å². The predicted molar refractivity (Wildman–Crippen MR) is 83.2 cm³/mol. The Morgan fingerprint density at radius 3 is 1.75 bits per heavy atom. The number of ether oxygens (including phenoxy) is 3. The third-order valence-electron chi connectivity index (χ3n) is 4.35. The number of hydrogen-bond acceptors (Lipinski definition) is 3. The van der Waals surface area contributed by atoms with Crippen LogP contribution in [0.25, 0.3) is 0 Å². The normalized spacial score (nSPS) is 12.9. The van der Waals surface area contributed by atoms with Crippen molar-refractivity contribution in [2.75, 3.05) is 21.3 Å². The van der Waals surface area contributed by atoms with Crippen LogP contribution in [0.15, 0.2) is 12.1 Å². The summed E-state index contributed by atoms with van der Waals surface area (Å²) < 4.78 is 16.3. The van der Waals surface area contributed by atoms with E-state index in [-0.39, 0.29) is 5.41 Å². The second kappa shape index (κ2) is 6.87. The minimum atomic E-state index is 0.235. The van der Waals surface area contributed by atoms with Crippen LogP contribution in [0.4, 0.5) is 0 Å². The van der Waals surface area contributed by atoms with Crippen molar-refractivity contribution in [1.82, 2.24) is 0 Å². The Morgan fingerprint density at radius 1 is 0.950 bits per heavy atom. The molecule has 0 aliphatic heterocycles. The third kappa shape index (κ3) is 3.20. The first kappa shape index (κ1) is 16.7. The van der Waals surface area contributed by atoms with E-state index < -0.39 is 0 Å². The molecule has 0 aromatic heterocycles. The first-order valence-corrected chi connectivity index (χ1v) is 7.25. The Hall–Kier alpha value is -1.38. The molecule has 0 radical (unpaired) electrons. The highest BCUT2D eigenvalue weighted by Gasteiger charge is 2.29. The van der Waals surface area contributed by atoms with Gasteiger partial charge in [-0.15, -0.1) is 0 Å². The molecule has 0 saturated heterocycles. The summed E-state index contributed by atoms with van der Waals surface area (Å²) in [5.74, 6) is 2.57. The minimum Gasteiger partial charge on any atom is -0.493 e. The molecule has 0 fully saturated rings. The quantitative estimate of drug-likeness (QED) is 0.728. The topological polar surface area (TPSA) is 27.7 Å². The summed E-state index contributed by atoms with van der Waals surface area (Å²) in [5.41, 5.74) is 1.48. The van der Waals surface area contributed by atoms with Gasteiger partial charge in [-0.3, -0.25) is 0 Å². The molecule has 0 aliphatic carbocycles. The van der Waals surface area contributed by atoms with Gasteiger partial charge in [0.15, 0.2) is 11.5 Å². The first-order chi connectivity index (χ1) is 9.44. The van der Waals surface area contributed by atoms with E-state index in [9.17, 15) is 0 Å². The highest BCUT2D eigenvalue weighted by molar-refractivity contribution is 5.54. The molecule has 1 unspecified atom stereocenters. The van der Waals surface area contributed by atoms with Crippen molar-refractivity contribution in [3.63, 3.8) is 0 Å². The van der Waals surface area contributed by atoms with Crippen molar-refractivity contribution >= 4 is 0 Å². The lowest BCUT2D eigenvalue weighted by molar-refractivity contribution is 0.264. The molecule has 0 heterocycles. The molecular formula is C17H28O3. The standard InChI is InChI=1S/C17H28O3/c1-8-13(17(3,4)9-2)12-10-14(18-5)16(20-7)15(11-12)19-6/h10-11,13H,8-9H2,1-7H3. The maximum absolute atomic E-state index is 5.46. The zero-order valence-corrected chi connectivity index (χ0v) is 13.9. The average molecular weight is 280 g/mol. The monoisotopic (exact) mass is 280 g/mol. The van der Waals surface area contributed by atoms with Gasteiger partial charge in [0, 0.05) is 0 Å². The number of hydrogen-bond donors (Lipinski definition) is 0. The maximum Gasteiger partial charge on any atom is 0.203 e. The van der Waals surface area contributed by atoms with Crippen molar-refractivity contribution in [3.8, 4) is 17.2 Å². The van der Waals surface area contributed by atoms with Gasteiger partial charge >= 0.3 is 0 Å². The molecule has 0 N–H and O–H groups in total.